The maximum Gasteiger partial charge on any atom is 0.250 e. The smallest absolute Gasteiger partial charge is 0.250 e. The fourth-order valence-electron chi connectivity index (χ4n) is 2.89. The zero-order valence-corrected chi connectivity index (χ0v) is 16.8. The van der Waals surface area contributed by atoms with Crippen LogP contribution in [0.25, 0.3) is 16.3 Å². The number of nitrogens with zero attached hydrogens (tertiary/aromatic N) is 1. The number of nitrogens with one attached hydrogen (secondary N) is 1. The van der Waals surface area contributed by atoms with Gasteiger partial charge in [0.25, 0.3) is 0 Å². The minimum Gasteiger partial charge on any atom is -0.489 e. The number of ether oxygens (including phenoxy) is 1. The van der Waals surface area contributed by atoms with Crippen LogP contribution in [0, 0.1) is 6.92 Å². The van der Waals surface area contributed by atoms with E-state index in [-0.39, 0.29) is 5.91 Å². The van der Waals surface area contributed by atoms with Gasteiger partial charge in [-0.05, 0) is 48.4 Å². The molecule has 0 fully saturated rings. The van der Waals surface area contributed by atoms with Crippen molar-refractivity contribution in [2.75, 3.05) is 5.32 Å². The Bertz CT molecular complexity index is 1130. The van der Waals surface area contributed by atoms with E-state index in [1.807, 2.05) is 60.7 Å². The van der Waals surface area contributed by atoms with Crippen molar-refractivity contribution in [3.05, 3.63) is 95.6 Å². The van der Waals surface area contributed by atoms with E-state index in [0.717, 1.165) is 27.1 Å². The van der Waals surface area contributed by atoms with E-state index >= 15 is 0 Å². The number of fused-ring (bicyclic) bond motifs is 1. The van der Waals surface area contributed by atoms with Crippen LogP contribution in [0.3, 0.4) is 0 Å². The standard InChI is InChI=1S/C24H20N2O2S/c1-17-5-4-6-19(15-17)16-28-20-12-9-18(10-13-20)11-14-23(27)26-24-25-21-7-2-3-8-22(21)29-24/h2-15H,16H2,1H3,(H,25,26,27)/b14-11+. The SMILES string of the molecule is Cc1cccc(COc2ccc(/C=C/C(=O)Nc3nc4ccccc4s3)cc2)c1. The number of hydrogen-bond donors (Lipinski definition) is 1. The molecule has 4 nitrogen and oxygen atoms in total. The molecule has 4 aromatic rings. The number of para-hydroxylation sites is 1. The highest BCUT2D eigenvalue weighted by atomic mass is 32.1. The predicted octanol–water partition coefficient (Wildman–Crippen LogP) is 5.84. The molecule has 5 heteroatoms. The first-order valence-corrected chi connectivity index (χ1v) is 10.1. The summed E-state index contributed by atoms with van der Waals surface area (Å²) >= 11 is 1.46. The average Bonchev–Trinajstić information content (AvgIpc) is 3.14. The van der Waals surface area contributed by atoms with E-state index in [1.165, 1.54) is 23.0 Å². The molecule has 4 rings (SSSR count). The fraction of sp³-hybridized carbons (Fsp3) is 0.0833. The highest BCUT2D eigenvalue weighted by molar-refractivity contribution is 7.22. The molecule has 1 amide bonds. The largest absolute Gasteiger partial charge is 0.489 e. The van der Waals surface area contributed by atoms with Gasteiger partial charge in [-0.3, -0.25) is 10.1 Å². The van der Waals surface area contributed by atoms with Gasteiger partial charge in [-0.1, -0.05) is 65.4 Å². The van der Waals surface area contributed by atoms with Gasteiger partial charge in [-0.15, -0.1) is 0 Å². The molecule has 0 spiro atoms. The Hall–Kier alpha value is -3.44. The van der Waals surface area contributed by atoms with Crippen LogP contribution in [-0.2, 0) is 11.4 Å². The van der Waals surface area contributed by atoms with Crippen molar-refractivity contribution in [1.29, 1.82) is 0 Å². The predicted molar refractivity (Wildman–Crippen MR) is 119 cm³/mol. The minimum absolute atomic E-state index is 0.205. The lowest BCUT2D eigenvalue weighted by Gasteiger charge is -2.07. The molecule has 0 aliphatic carbocycles. The van der Waals surface area contributed by atoms with E-state index < -0.39 is 0 Å². The monoisotopic (exact) mass is 400 g/mol. The Morgan fingerprint density at radius 2 is 1.90 bits per heavy atom. The molecule has 0 saturated carbocycles. The van der Waals surface area contributed by atoms with Crippen LogP contribution in [0.2, 0.25) is 0 Å². The Balaban J connectivity index is 1.32. The molecule has 29 heavy (non-hydrogen) atoms. The van der Waals surface area contributed by atoms with Gasteiger partial charge in [-0.2, -0.15) is 0 Å². The summed E-state index contributed by atoms with van der Waals surface area (Å²) in [6.07, 6.45) is 3.28. The van der Waals surface area contributed by atoms with Crippen LogP contribution >= 0.6 is 11.3 Å². The Labute approximate surface area is 173 Å². The van der Waals surface area contributed by atoms with Gasteiger partial charge in [0.2, 0.25) is 5.91 Å². The summed E-state index contributed by atoms with van der Waals surface area (Å²) in [5, 5.41) is 3.41. The van der Waals surface area contributed by atoms with Crippen LogP contribution in [0.15, 0.2) is 78.9 Å². The van der Waals surface area contributed by atoms with Crippen LogP contribution in [0.5, 0.6) is 5.75 Å². The Morgan fingerprint density at radius 3 is 2.69 bits per heavy atom. The van der Waals surface area contributed by atoms with Gasteiger partial charge in [0.15, 0.2) is 5.13 Å². The summed E-state index contributed by atoms with van der Waals surface area (Å²) in [7, 11) is 0. The topological polar surface area (TPSA) is 51.2 Å². The number of amides is 1. The third-order valence-electron chi connectivity index (χ3n) is 4.32. The number of aromatic nitrogens is 1. The third-order valence-corrected chi connectivity index (χ3v) is 5.27. The van der Waals surface area contributed by atoms with Crippen LogP contribution in [-0.4, -0.2) is 10.9 Å². The molecule has 0 atom stereocenters. The molecule has 1 heterocycles. The molecular formula is C24H20N2O2S. The molecule has 144 valence electrons. The lowest BCUT2D eigenvalue weighted by molar-refractivity contribution is -0.111. The van der Waals surface area contributed by atoms with Crippen molar-refractivity contribution < 1.29 is 9.53 Å². The first-order valence-electron chi connectivity index (χ1n) is 9.29. The number of carbonyl (C=O) groups excluding carboxylic acids is 1. The van der Waals surface area contributed by atoms with Gasteiger partial charge in [0.1, 0.15) is 12.4 Å². The number of anilines is 1. The number of benzene rings is 3. The minimum atomic E-state index is -0.205. The van der Waals surface area contributed by atoms with E-state index in [0.29, 0.717) is 11.7 Å². The van der Waals surface area contributed by atoms with Crippen molar-refractivity contribution >= 4 is 38.7 Å². The van der Waals surface area contributed by atoms with Crippen molar-refractivity contribution in [3.8, 4) is 5.75 Å². The molecule has 0 unspecified atom stereocenters. The summed E-state index contributed by atoms with van der Waals surface area (Å²) in [5.74, 6) is 0.589. The highest BCUT2D eigenvalue weighted by Crippen LogP contribution is 2.25. The summed E-state index contributed by atoms with van der Waals surface area (Å²) in [4.78, 5) is 16.6. The molecule has 0 radical (unpaired) electrons. The van der Waals surface area contributed by atoms with Gasteiger partial charge in [-0.25, -0.2) is 4.98 Å². The molecule has 0 aliphatic rings. The van der Waals surface area contributed by atoms with Gasteiger partial charge in [0, 0.05) is 6.08 Å². The number of aryl methyl sites for hydroxylation is 1. The third kappa shape index (κ3) is 5.09. The highest BCUT2D eigenvalue weighted by Gasteiger charge is 2.05. The number of carbonyl (C=O) groups is 1. The first kappa shape index (κ1) is 18.9. The zero-order valence-electron chi connectivity index (χ0n) is 16.0. The molecule has 3 aromatic carbocycles. The summed E-state index contributed by atoms with van der Waals surface area (Å²) in [5.41, 5.74) is 4.17. The number of thiazole rings is 1. The first-order chi connectivity index (χ1) is 14.2. The molecule has 0 aliphatic heterocycles. The van der Waals surface area contributed by atoms with E-state index in [1.54, 1.807) is 6.08 Å². The molecular weight excluding hydrogens is 380 g/mol. The van der Waals surface area contributed by atoms with E-state index in [9.17, 15) is 4.79 Å². The summed E-state index contributed by atoms with van der Waals surface area (Å²) in [6, 6.07) is 23.7. The summed E-state index contributed by atoms with van der Waals surface area (Å²) in [6.45, 7) is 2.60. The maximum atomic E-state index is 12.2. The molecule has 0 saturated heterocycles. The van der Waals surface area contributed by atoms with Crippen molar-refractivity contribution in [2.24, 2.45) is 0 Å². The lowest BCUT2D eigenvalue weighted by Crippen LogP contribution is -2.07. The van der Waals surface area contributed by atoms with Crippen LogP contribution in [0.1, 0.15) is 16.7 Å². The molecule has 0 bridgehead atoms. The van der Waals surface area contributed by atoms with Crippen molar-refractivity contribution in [3.63, 3.8) is 0 Å². The van der Waals surface area contributed by atoms with Crippen molar-refractivity contribution in [1.82, 2.24) is 4.98 Å². The number of rotatable bonds is 6. The van der Waals surface area contributed by atoms with E-state index in [2.05, 4.69) is 29.4 Å². The van der Waals surface area contributed by atoms with Gasteiger partial charge in [0.05, 0.1) is 10.2 Å². The van der Waals surface area contributed by atoms with Crippen molar-refractivity contribution in [2.45, 2.75) is 13.5 Å². The lowest BCUT2D eigenvalue weighted by atomic mass is 10.1. The maximum absolute atomic E-state index is 12.2. The number of hydrogen-bond acceptors (Lipinski definition) is 4. The van der Waals surface area contributed by atoms with Gasteiger partial charge >= 0.3 is 0 Å². The Morgan fingerprint density at radius 1 is 1.07 bits per heavy atom. The van der Waals surface area contributed by atoms with E-state index in [4.69, 9.17) is 4.74 Å². The second kappa shape index (κ2) is 8.71. The second-order valence-electron chi connectivity index (χ2n) is 6.66. The normalized spacial score (nSPS) is 11.1. The quantitative estimate of drug-likeness (QED) is 0.414. The zero-order chi connectivity index (χ0) is 20.1. The average molecular weight is 401 g/mol. The Kier molecular flexibility index (Phi) is 5.68. The molecule has 1 aromatic heterocycles. The summed E-state index contributed by atoms with van der Waals surface area (Å²) < 4.78 is 6.87. The van der Waals surface area contributed by atoms with Crippen LogP contribution < -0.4 is 10.1 Å². The van der Waals surface area contributed by atoms with Gasteiger partial charge < -0.3 is 4.74 Å². The second-order valence-corrected chi connectivity index (χ2v) is 7.69. The fourth-order valence-corrected chi connectivity index (χ4v) is 3.76. The molecule has 1 N–H and O–H groups in total. The van der Waals surface area contributed by atoms with Crippen LogP contribution in [0.4, 0.5) is 5.13 Å².